The van der Waals surface area contributed by atoms with Crippen LogP contribution in [0.4, 0.5) is 5.69 Å². The van der Waals surface area contributed by atoms with E-state index in [0.717, 1.165) is 16.1 Å². The maximum atomic E-state index is 10.7. The van der Waals surface area contributed by atoms with Gasteiger partial charge in [0, 0.05) is 28.1 Å². The molecule has 94 valence electrons. The zero-order valence-electron chi connectivity index (χ0n) is 9.59. The Bertz CT molecular complexity index is 551. The Labute approximate surface area is 109 Å². The Balaban J connectivity index is 2.04. The summed E-state index contributed by atoms with van der Waals surface area (Å²) in [5.41, 5.74) is 2.00. The van der Waals surface area contributed by atoms with Gasteiger partial charge in [0.15, 0.2) is 0 Å². The van der Waals surface area contributed by atoms with E-state index in [1.54, 1.807) is 11.4 Å². The smallest absolute Gasteiger partial charge is 0.336 e. The molecular weight excluding hydrogens is 250 g/mol. The highest BCUT2D eigenvalue weighted by molar-refractivity contribution is 7.10. The van der Waals surface area contributed by atoms with Crippen molar-refractivity contribution in [3.63, 3.8) is 0 Å². The number of nitrogens with one attached hydrogen (secondary N) is 1. The summed E-state index contributed by atoms with van der Waals surface area (Å²) < 4.78 is 0. The van der Waals surface area contributed by atoms with Crippen LogP contribution >= 0.6 is 11.3 Å². The molecule has 2 aromatic rings. The molecule has 0 spiro atoms. The highest BCUT2D eigenvalue weighted by Gasteiger charge is 2.06. The minimum Gasteiger partial charge on any atom is -0.478 e. The molecule has 0 radical (unpaired) electrons. The van der Waals surface area contributed by atoms with Crippen LogP contribution in [0.5, 0.6) is 0 Å². The maximum Gasteiger partial charge on any atom is 0.336 e. The van der Waals surface area contributed by atoms with Gasteiger partial charge in [-0.1, -0.05) is 18.2 Å². The average molecular weight is 263 g/mol. The van der Waals surface area contributed by atoms with Crippen LogP contribution in [0, 0.1) is 0 Å². The fourth-order valence-electron chi connectivity index (χ4n) is 1.60. The van der Waals surface area contributed by atoms with E-state index in [4.69, 9.17) is 5.11 Å². The van der Waals surface area contributed by atoms with Crippen molar-refractivity contribution in [3.05, 3.63) is 51.7 Å². The number of carboxylic acids is 1. The quantitative estimate of drug-likeness (QED) is 0.775. The number of benzene rings is 1. The van der Waals surface area contributed by atoms with Crippen LogP contribution in [-0.2, 0) is 13.2 Å². The highest BCUT2D eigenvalue weighted by atomic mass is 32.1. The van der Waals surface area contributed by atoms with Crippen molar-refractivity contribution in [2.45, 2.75) is 13.2 Å². The molecule has 4 nitrogen and oxygen atoms in total. The Kier molecular flexibility index (Phi) is 3.96. The first kappa shape index (κ1) is 12.6. The molecule has 0 amide bonds. The van der Waals surface area contributed by atoms with Crippen molar-refractivity contribution in [1.29, 1.82) is 0 Å². The van der Waals surface area contributed by atoms with Crippen molar-refractivity contribution >= 4 is 23.0 Å². The van der Waals surface area contributed by atoms with E-state index in [1.165, 1.54) is 11.3 Å². The van der Waals surface area contributed by atoms with Crippen LogP contribution in [0.1, 0.15) is 20.8 Å². The predicted octanol–water partition coefficient (Wildman–Crippen LogP) is 2.55. The lowest BCUT2D eigenvalue weighted by molar-refractivity contribution is 0.0697. The number of thiophene rings is 1. The number of aliphatic hydroxyl groups excluding tert-OH is 1. The predicted molar refractivity (Wildman–Crippen MR) is 71.0 cm³/mol. The zero-order chi connectivity index (χ0) is 13.0. The molecule has 2 rings (SSSR count). The topological polar surface area (TPSA) is 69.6 Å². The molecule has 1 aromatic heterocycles. The van der Waals surface area contributed by atoms with Gasteiger partial charge in [0.2, 0.25) is 0 Å². The molecule has 5 heteroatoms. The first-order chi connectivity index (χ1) is 8.70. The van der Waals surface area contributed by atoms with E-state index in [0.29, 0.717) is 12.1 Å². The Morgan fingerprint density at radius 2 is 2.11 bits per heavy atom. The van der Waals surface area contributed by atoms with E-state index in [-0.39, 0.29) is 6.61 Å². The molecule has 1 heterocycles. The van der Waals surface area contributed by atoms with E-state index in [2.05, 4.69) is 5.32 Å². The number of carboxylic acid groups (broad SMARTS) is 1. The molecule has 0 saturated carbocycles. The van der Waals surface area contributed by atoms with Crippen LogP contribution in [0.15, 0.2) is 35.7 Å². The lowest BCUT2D eigenvalue weighted by Gasteiger charge is -2.08. The van der Waals surface area contributed by atoms with Crippen molar-refractivity contribution in [3.8, 4) is 0 Å². The Hall–Kier alpha value is -1.85. The summed E-state index contributed by atoms with van der Waals surface area (Å²) >= 11 is 1.40. The highest BCUT2D eigenvalue weighted by Crippen LogP contribution is 2.19. The Morgan fingerprint density at radius 1 is 1.33 bits per heavy atom. The normalized spacial score (nSPS) is 10.3. The second-order valence-corrected chi connectivity index (χ2v) is 4.77. The van der Waals surface area contributed by atoms with Crippen LogP contribution in [0.3, 0.4) is 0 Å². The number of carbonyl (C=O) groups is 1. The maximum absolute atomic E-state index is 10.7. The third-order valence-electron chi connectivity index (χ3n) is 2.54. The van der Waals surface area contributed by atoms with E-state index < -0.39 is 5.97 Å². The number of aliphatic hydroxyl groups is 1. The fraction of sp³-hybridized carbons (Fsp3) is 0.154. The first-order valence-electron chi connectivity index (χ1n) is 5.44. The van der Waals surface area contributed by atoms with E-state index >= 15 is 0 Å². The molecule has 18 heavy (non-hydrogen) atoms. The molecule has 0 aliphatic heterocycles. The van der Waals surface area contributed by atoms with Gasteiger partial charge in [-0.05, 0) is 12.1 Å². The summed E-state index contributed by atoms with van der Waals surface area (Å²) in [6.45, 7) is 0.531. The number of rotatable bonds is 5. The van der Waals surface area contributed by atoms with Gasteiger partial charge in [-0.15, -0.1) is 11.3 Å². The molecule has 0 saturated heterocycles. The summed E-state index contributed by atoms with van der Waals surface area (Å²) in [6.07, 6.45) is 0. The largest absolute Gasteiger partial charge is 0.478 e. The van der Waals surface area contributed by atoms with Crippen LogP contribution in [-0.4, -0.2) is 16.2 Å². The summed E-state index contributed by atoms with van der Waals surface area (Å²) in [5, 5.41) is 22.8. The lowest BCUT2D eigenvalue weighted by Crippen LogP contribution is -2.01. The first-order valence-corrected chi connectivity index (χ1v) is 6.32. The van der Waals surface area contributed by atoms with Crippen molar-refractivity contribution in [1.82, 2.24) is 0 Å². The third-order valence-corrected chi connectivity index (χ3v) is 3.48. The molecule has 0 aliphatic rings. The van der Waals surface area contributed by atoms with Gasteiger partial charge in [0.25, 0.3) is 0 Å². The minimum atomic E-state index is -0.909. The lowest BCUT2D eigenvalue weighted by atomic mass is 10.2. The van der Waals surface area contributed by atoms with Gasteiger partial charge < -0.3 is 15.5 Å². The van der Waals surface area contributed by atoms with Crippen molar-refractivity contribution in [2.24, 2.45) is 0 Å². The van der Waals surface area contributed by atoms with Crippen LogP contribution in [0.2, 0.25) is 0 Å². The summed E-state index contributed by atoms with van der Waals surface area (Å²) in [7, 11) is 0. The summed E-state index contributed by atoms with van der Waals surface area (Å²) in [6, 6.07) is 9.14. The molecule has 0 aliphatic carbocycles. The standard InChI is InChI=1S/C13H13NO3S/c15-7-9-3-1-2-4-12(9)14-6-11-5-10(8-18-11)13(16)17/h1-5,8,14-15H,6-7H2,(H,16,17). The van der Waals surface area contributed by atoms with Gasteiger partial charge >= 0.3 is 5.97 Å². The second kappa shape index (κ2) is 5.66. The molecule has 3 N–H and O–H groups in total. The monoisotopic (exact) mass is 263 g/mol. The van der Waals surface area contributed by atoms with Crippen molar-refractivity contribution in [2.75, 3.05) is 5.32 Å². The number of anilines is 1. The number of aromatic carboxylic acids is 1. The number of hydrogen-bond acceptors (Lipinski definition) is 4. The van der Waals surface area contributed by atoms with E-state index in [9.17, 15) is 9.90 Å². The van der Waals surface area contributed by atoms with Gasteiger partial charge in [-0.25, -0.2) is 4.79 Å². The zero-order valence-corrected chi connectivity index (χ0v) is 10.4. The van der Waals surface area contributed by atoms with E-state index in [1.807, 2.05) is 24.3 Å². The van der Waals surface area contributed by atoms with Crippen molar-refractivity contribution < 1.29 is 15.0 Å². The Morgan fingerprint density at radius 3 is 2.78 bits per heavy atom. The van der Waals surface area contributed by atoms with Crippen LogP contribution < -0.4 is 5.32 Å². The number of para-hydroxylation sites is 1. The average Bonchev–Trinajstić information content (AvgIpc) is 2.85. The molecule has 0 fully saturated rings. The fourth-order valence-corrected chi connectivity index (χ4v) is 2.40. The number of hydrogen-bond donors (Lipinski definition) is 3. The third kappa shape index (κ3) is 2.88. The molecular formula is C13H13NO3S. The van der Waals surface area contributed by atoms with Gasteiger partial charge in [0.05, 0.1) is 12.2 Å². The van der Waals surface area contributed by atoms with Gasteiger partial charge in [-0.2, -0.15) is 0 Å². The minimum absolute atomic E-state index is 0.0199. The molecule has 0 bridgehead atoms. The summed E-state index contributed by atoms with van der Waals surface area (Å²) in [5.74, 6) is -0.909. The molecule has 0 atom stereocenters. The summed E-state index contributed by atoms with van der Waals surface area (Å²) in [4.78, 5) is 11.7. The molecule has 0 unspecified atom stereocenters. The SMILES string of the molecule is O=C(O)c1csc(CNc2ccccc2CO)c1. The van der Waals surface area contributed by atoms with Crippen LogP contribution in [0.25, 0.3) is 0 Å². The molecule has 1 aromatic carbocycles. The second-order valence-electron chi connectivity index (χ2n) is 3.78. The van der Waals surface area contributed by atoms with Gasteiger partial charge in [0.1, 0.15) is 0 Å². The van der Waals surface area contributed by atoms with Gasteiger partial charge in [-0.3, -0.25) is 0 Å².